The van der Waals surface area contributed by atoms with Gasteiger partial charge in [-0.3, -0.25) is 0 Å². The van der Waals surface area contributed by atoms with Gasteiger partial charge in [-0.25, -0.2) is 0 Å². The molecule has 0 aliphatic rings. The van der Waals surface area contributed by atoms with E-state index in [0.717, 1.165) is 5.33 Å². The van der Waals surface area contributed by atoms with Crippen LogP contribution in [0.25, 0.3) is 0 Å². The summed E-state index contributed by atoms with van der Waals surface area (Å²) in [6.07, 6.45) is 2.52. The molecule has 3 heteroatoms. The summed E-state index contributed by atoms with van der Waals surface area (Å²) < 4.78 is 0. The summed E-state index contributed by atoms with van der Waals surface area (Å²) in [6, 6.07) is 0.663. The molecule has 0 heterocycles. The number of alkyl halides is 1. The van der Waals surface area contributed by atoms with Crippen molar-refractivity contribution in [1.82, 2.24) is 5.32 Å². The summed E-state index contributed by atoms with van der Waals surface area (Å²) in [4.78, 5) is 0. The fourth-order valence-electron chi connectivity index (χ4n) is 0.933. The number of thioether (sulfide) groups is 1. The molecule has 12 heavy (non-hydrogen) atoms. The molecule has 0 rings (SSSR count). The molecule has 0 saturated carbocycles. The highest BCUT2D eigenvalue weighted by atomic mass is 79.9. The second kappa shape index (κ2) is 9.87. The molecule has 1 unspecified atom stereocenters. The SMILES string of the molecule is CCSCCCNC(C)CCBr. The van der Waals surface area contributed by atoms with Crippen LogP contribution in [0.4, 0.5) is 0 Å². The van der Waals surface area contributed by atoms with Crippen LogP contribution in [-0.2, 0) is 0 Å². The van der Waals surface area contributed by atoms with E-state index in [2.05, 4.69) is 35.1 Å². The number of halogens is 1. The minimum Gasteiger partial charge on any atom is -0.314 e. The second-order valence-electron chi connectivity index (χ2n) is 2.88. The van der Waals surface area contributed by atoms with Crippen molar-refractivity contribution >= 4 is 27.7 Å². The molecule has 1 N–H and O–H groups in total. The van der Waals surface area contributed by atoms with Gasteiger partial charge in [-0.05, 0) is 37.8 Å². The average Bonchev–Trinajstić information content (AvgIpc) is 2.05. The largest absolute Gasteiger partial charge is 0.314 e. The number of rotatable bonds is 8. The number of hydrogen-bond donors (Lipinski definition) is 1. The molecule has 0 fully saturated rings. The monoisotopic (exact) mass is 253 g/mol. The Morgan fingerprint density at radius 2 is 2.25 bits per heavy atom. The molecule has 74 valence electrons. The number of hydrogen-bond acceptors (Lipinski definition) is 2. The molecule has 0 saturated heterocycles. The van der Waals surface area contributed by atoms with E-state index in [4.69, 9.17) is 0 Å². The quantitative estimate of drug-likeness (QED) is 0.528. The Morgan fingerprint density at radius 1 is 1.50 bits per heavy atom. The van der Waals surface area contributed by atoms with E-state index >= 15 is 0 Å². The van der Waals surface area contributed by atoms with Gasteiger partial charge >= 0.3 is 0 Å². The van der Waals surface area contributed by atoms with Gasteiger partial charge in [0, 0.05) is 11.4 Å². The van der Waals surface area contributed by atoms with Gasteiger partial charge in [0.05, 0.1) is 0 Å². The van der Waals surface area contributed by atoms with Gasteiger partial charge in [-0.1, -0.05) is 22.9 Å². The Labute approximate surface area is 89.2 Å². The molecule has 0 aromatic carbocycles. The summed E-state index contributed by atoms with van der Waals surface area (Å²) in [6.45, 7) is 5.63. The minimum atomic E-state index is 0.663. The van der Waals surface area contributed by atoms with Crippen molar-refractivity contribution in [2.75, 3.05) is 23.4 Å². The predicted octanol–water partition coefficient (Wildman–Crippen LogP) is 2.89. The van der Waals surface area contributed by atoms with Gasteiger partial charge in [0.25, 0.3) is 0 Å². The average molecular weight is 254 g/mol. The highest BCUT2D eigenvalue weighted by Gasteiger charge is 1.97. The fourth-order valence-corrected chi connectivity index (χ4v) is 2.26. The zero-order valence-corrected chi connectivity index (χ0v) is 10.5. The molecular formula is C9H20BrNS. The molecule has 1 nitrogen and oxygen atoms in total. The first-order valence-corrected chi connectivity index (χ1v) is 6.96. The van der Waals surface area contributed by atoms with Crippen LogP contribution in [0.1, 0.15) is 26.7 Å². The first-order valence-electron chi connectivity index (χ1n) is 4.68. The van der Waals surface area contributed by atoms with Gasteiger partial charge in [0.15, 0.2) is 0 Å². The van der Waals surface area contributed by atoms with Gasteiger partial charge in [0.1, 0.15) is 0 Å². The van der Waals surface area contributed by atoms with E-state index < -0.39 is 0 Å². The molecule has 0 aliphatic carbocycles. The third kappa shape index (κ3) is 8.88. The lowest BCUT2D eigenvalue weighted by Crippen LogP contribution is -2.27. The lowest BCUT2D eigenvalue weighted by Gasteiger charge is -2.11. The van der Waals surface area contributed by atoms with Crippen LogP contribution in [0.15, 0.2) is 0 Å². The van der Waals surface area contributed by atoms with E-state index in [1.54, 1.807) is 0 Å². The summed E-state index contributed by atoms with van der Waals surface area (Å²) >= 11 is 5.46. The highest BCUT2D eigenvalue weighted by molar-refractivity contribution is 9.09. The van der Waals surface area contributed by atoms with Crippen LogP contribution in [0.5, 0.6) is 0 Å². The van der Waals surface area contributed by atoms with E-state index in [-0.39, 0.29) is 0 Å². The van der Waals surface area contributed by atoms with Crippen molar-refractivity contribution < 1.29 is 0 Å². The molecule has 0 spiro atoms. The van der Waals surface area contributed by atoms with Crippen molar-refractivity contribution in [3.63, 3.8) is 0 Å². The zero-order valence-electron chi connectivity index (χ0n) is 8.11. The van der Waals surface area contributed by atoms with Crippen molar-refractivity contribution in [2.24, 2.45) is 0 Å². The first-order chi connectivity index (χ1) is 5.81. The summed E-state index contributed by atoms with van der Waals surface area (Å²) in [5.74, 6) is 2.54. The fraction of sp³-hybridized carbons (Fsp3) is 1.00. The Hall–Kier alpha value is 0.790. The molecular weight excluding hydrogens is 234 g/mol. The van der Waals surface area contributed by atoms with Crippen LogP contribution in [-0.4, -0.2) is 29.4 Å². The van der Waals surface area contributed by atoms with E-state index in [0.29, 0.717) is 6.04 Å². The molecule has 0 amide bonds. The standard InChI is InChI=1S/C9H20BrNS/c1-3-12-8-4-7-11-9(2)5-6-10/h9,11H,3-8H2,1-2H3. The second-order valence-corrected chi connectivity index (χ2v) is 5.07. The predicted molar refractivity (Wildman–Crippen MR) is 63.5 cm³/mol. The Kier molecular flexibility index (Phi) is 10.5. The minimum absolute atomic E-state index is 0.663. The topological polar surface area (TPSA) is 12.0 Å². The van der Waals surface area contributed by atoms with Crippen LogP contribution < -0.4 is 5.32 Å². The molecule has 0 radical (unpaired) electrons. The van der Waals surface area contributed by atoms with Gasteiger partial charge < -0.3 is 5.32 Å². The zero-order chi connectivity index (χ0) is 9.23. The lowest BCUT2D eigenvalue weighted by molar-refractivity contribution is 0.538. The maximum absolute atomic E-state index is 3.50. The summed E-state index contributed by atoms with van der Waals surface area (Å²) in [5.41, 5.74) is 0. The van der Waals surface area contributed by atoms with E-state index in [1.807, 2.05) is 11.8 Å². The van der Waals surface area contributed by atoms with Crippen molar-refractivity contribution in [2.45, 2.75) is 32.7 Å². The maximum atomic E-state index is 3.50. The van der Waals surface area contributed by atoms with Crippen LogP contribution >= 0.6 is 27.7 Å². The molecule has 1 atom stereocenters. The Balaban J connectivity index is 2.97. The van der Waals surface area contributed by atoms with Crippen molar-refractivity contribution in [3.05, 3.63) is 0 Å². The molecule has 0 aromatic rings. The van der Waals surface area contributed by atoms with Gasteiger partial charge in [-0.2, -0.15) is 11.8 Å². The molecule has 0 aromatic heterocycles. The molecule has 0 aliphatic heterocycles. The lowest BCUT2D eigenvalue weighted by atomic mass is 10.2. The third-order valence-electron chi connectivity index (χ3n) is 1.70. The summed E-state index contributed by atoms with van der Waals surface area (Å²) in [5, 5.41) is 4.60. The van der Waals surface area contributed by atoms with Gasteiger partial charge in [-0.15, -0.1) is 0 Å². The maximum Gasteiger partial charge on any atom is 0.00466 e. The summed E-state index contributed by atoms with van der Waals surface area (Å²) in [7, 11) is 0. The normalized spacial score (nSPS) is 13.2. The third-order valence-corrected chi connectivity index (χ3v) is 3.15. The highest BCUT2D eigenvalue weighted by Crippen LogP contribution is 2.00. The van der Waals surface area contributed by atoms with Crippen molar-refractivity contribution in [1.29, 1.82) is 0 Å². The first kappa shape index (κ1) is 12.8. The Bertz CT molecular complexity index is 90.6. The van der Waals surface area contributed by atoms with E-state index in [1.165, 1.54) is 30.9 Å². The number of nitrogens with one attached hydrogen (secondary N) is 1. The van der Waals surface area contributed by atoms with E-state index in [9.17, 15) is 0 Å². The van der Waals surface area contributed by atoms with Crippen LogP contribution in [0.3, 0.4) is 0 Å². The van der Waals surface area contributed by atoms with Crippen LogP contribution in [0, 0.1) is 0 Å². The van der Waals surface area contributed by atoms with Crippen molar-refractivity contribution in [3.8, 4) is 0 Å². The Morgan fingerprint density at radius 3 is 2.83 bits per heavy atom. The van der Waals surface area contributed by atoms with Crippen LogP contribution in [0.2, 0.25) is 0 Å². The van der Waals surface area contributed by atoms with Gasteiger partial charge in [0.2, 0.25) is 0 Å². The smallest absolute Gasteiger partial charge is 0.00466 e. The molecule has 0 bridgehead atoms.